The highest BCUT2D eigenvalue weighted by atomic mass is 15.1. The van der Waals surface area contributed by atoms with Crippen LogP contribution in [-0.4, -0.2) is 51.1 Å². The van der Waals surface area contributed by atoms with Gasteiger partial charge in [-0.1, -0.05) is 13.8 Å². The van der Waals surface area contributed by atoms with Gasteiger partial charge in [-0.05, 0) is 28.2 Å². The molecule has 0 bridgehead atoms. The number of nitrogens with zero attached hydrogens (tertiary/aromatic N) is 2. The van der Waals surface area contributed by atoms with Gasteiger partial charge in [-0.25, -0.2) is 0 Å². The van der Waals surface area contributed by atoms with Crippen LogP contribution in [0.3, 0.4) is 0 Å². The van der Waals surface area contributed by atoms with E-state index in [1.165, 1.54) is 0 Å². The largest absolute Gasteiger partial charge is 0.308 e. The quantitative estimate of drug-likeness (QED) is 0.589. The molecule has 0 fully saturated rings. The molecular weight excluding hydrogens is 124 g/mol. The second-order valence-electron chi connectivity index (χ2n) is 2.61. The van der Waals surface area contributed by atoms with Crippen LogP contribution in [-0.2, 0) is 0 Å². The average Bonchev–Trinajstić information content (AvgIpc) is 1.89. The summed E-state index contributed by atoms with van der Waals surface area (Å²) in [5, 5.41) is 0. The van der Waals surface area contributed by atoms with Gasteiger partial charge in [0.25, 0.3) is 0 Å². The summed E-state index contributed by atoms with van der Waals surface area (Å²) in [6.45, 7) is 6.29. The van der Waals surface area contributed by atoms with Gasteiger partial charge in [0, 0.05) is 13.1 Å². The molecule has 0 N–H and O–H groups in total. The lowest BCUT2D eigenvalue weighted by Gasteiger charge is -2.13. The average molecular weight is 146 g/mol. The van der Waals surface area contributed by atoms with Gasteiger partial charge >= 0.3 is 0 Å². The minimum atomic E-state index is 1.15. The Morgan fingerprint density at radius 1 is 0.700 bits per heavy atom. The van der Waals surface area contributed by atoms with Crippen molar-refractivity contribution in [2.24, 2.45) is 0 Å². The van der Waals surface area contributed by atoms with Crippen LogP contribution in [0.1, 0.15) is 13.8 Å². The summed E-state index contributed by atoms with van der Waals surface area (Å²) < 4.78 is 0. The summed E-state index contributed by atoms with van der Waals surface area (Å²) in [5.74, 6) is 0. The Labute approximate surface area is 65.8 Å². The van der Waals surface area contributed by atoms with Crippen molar-refractivity contribution in [2.75, 3.05) is 41.3 Å². The first-order valence-corrected chi connectivity index (χ1v) is 3.92. The molecule has 0 aromatic carbocycles. The standard InChI is InChI=1S/C6H16N2.C2H6/c1-7(2)5-6-8(3)4;1-2/h5-6H2,1-4H3;1-2H3. The van der Waals surface area contributed by atoms with Crippen LogP contribution in [0.4, 0.5) is 0 Å². The zero-order chi connectivity index (χ0) is 8.57. The Bertz CT molecular complexity index is 43.2. The fraction of sp³-hybridized carbons (Fsp3) is 1.00. The second-order valence-corrected chi connectivity index (χ2v) is 2.61. The molecular formula is C8H22N2. The highest BCUT2D eigenvalue weighted by Crippen LogP contribution is 1.76. The van der Waals surface area contributed by atoms with Crippen LogP contribution in [0, 0.1) is 0 Å². The van der Waals surface area contributed by atoms with Crippen molar-refractivity contribution >= 4 is 0 Å². The lowest BCUT2D eigenvalue weighted by atomic mass is 10.5. The van der Waals surface area contributed by atoms with Gasteiger partial charge in [-0.3, -0.25) is 0 Å². The molecule has 0 aliphatic heterocycles. The molecule has 0 heterocycles. The SMILES string of the molecule is CC.CN(C)CCN(C)C. The molecule has 0 saturated heterocycles. The van der Waals surface area contributed by atoms with Crippen LogP contribution < -0.4 is 0 Å². The maximum absolute atomic E-state index is 2.18. The van der Waals surface area contributed by atoms with Crippen molar-refractivity contribution in [3.63, 3.8) is 0 Å². The van der Waals surface area contributed by atoms with E-state index in [1.54, 1.807) is 0 Å². The van der Waals surface area contributed by atoms with Gasteiger partial charge in [0.2, 0.25) is 0 Å². The molecule has 0 aromatic heterocycles. The van der Waals surface area contributed by atoms with Gasteiger partial charge in [-0.15, -0.1) is 0 Å². The van der Waals surface area contributed by atoms with Crippen LogP contribution >= 0.6 is 0 Å². The minimum absolute atomic E-state index is 1.15. The summed E-state index contributed by atoms with van der Waals surface area (Å²) in [7, 11) is 8.35. The van der Waals surface area contributed by atoms with E-state index in [2.05, 4.69) is 38.0 Å². The molecule has 0 amide bonds. The highest BCUT2D eigenvalue weighted by Gasteiger charge is 1.89. The van der Waals surface area contributed by atoms with E-state index in [0.717, 1.165) is 13.1 Å². The van der Waals surface area contributed by atoms with E-state index in [9.17, 15) is 0 Å². The van der Waals surface area contributed by atoms with Crippen molar-refractivity contribution in [1.82, 2.24) is 9.80 Å². The Balaban J connectivity index is 0. The van der Waals surface area contributed by atoms with E-state index in [1.807, 2.05) is 13.8 Å². The van der Waals surface area contributed by atoms with Crippen molar-refractivity contribution in [1.29, 1.82) is 0 Å². The Morgan fingerprint density at radius 3 is 1.00 bits per heavy atom. The van der Waals surface area contributed by atoms with Crippen molar-refractivity contribution in [3.05, 3.63) is 0 Å². The monoisotopic (exact) mass is 146 g/mol. The number of rotatable bonds is 3. The molecule has 64 valence electrons. The third kappa shape index (κ3) is 15.7. The zero-order valence-corrected chi connectivity index (χ0v) is 8.31. The van der Waals surface area contributed by atoms with Gasteiger partial charge in [0.05, 0.1) is 0 Å². The first-order valence-electron chi connectivity index (χ1n) is 3.92. The van der Waals surface area contributed by atoms with E-state index >= 15 is 0 Å². The molecule has 10 heavy (non-hydrogen) atoms. The smallest absolute Gasteiger partial charge is 0.0103 e. The van der Waals surface area contributed by atoms with Gasteiger partial charge in [-0.2, -0.15) is 0 Å². The van der Waals surface area contributed by atoms with E-state index in [4.69, 9.17) is 0 Å². The molecule has 0 rings (SSSR count). The summed E-state index contributed by atoms with van der Waals surface area (Å²) in [5.41, 5.74) is 0. The maximum Gasteiger partial charge on any atom is 0.0103 e. The normalized spacial score (nSPS) is 9.60. The lowest BCUT2D eigenvalue weighted by Crippen LogP contribution is -2.25. The van der Waals surface area contributed by atoms with Gasteiger partial charge in [0.1, 0.15) is 0 Å². The van der Waals surface area contributed by atoms with Crippen LogP contribution in [0.25, 0.3) is 0 Å². The van der Waals surface area contributed by atoms with Crippen molar-refractivity contribution in [2.45, 2.75) is 13.8 Å². The predicted molar refractivity (Wildman–Crippen MR) is 48.5 cm³/mol. The molecule has 0 aliphatic rings. The fourth-order valence-corrected chi connectivity index (χ4v) is 0.400. The Morgan fingerprint density at radius 2 is 0.900 bits per heavy atom. The van der Waals surface area contributed by atoms with E-state index in [-0.39, 0.29) is 0 Å². The third-order valence-electron chi connectivity index (χ3n) is 0.994. The number of hydrogen-bond donors (Lipinski definition) is 0. The molecule has 0 aliphatic carbocycles. The fourth-order valence-electron chi connectivity index (χ4n) is 0.400. The van der Waals surface area contributed by atoms with Crippen LogP contribution in [0.5, 0.6) is 0 Å². The van der Waals surface area contributed by atoms with E-state index < -0.39 is 0 Å². The highest BCUT2D eigenvalue weighted by molar-refractivity contribution is 4.45. The predicted octanol–water partition coefficient (Wildman–Crippen LogP) is 1.14. The summed E-state index contributed by atoms with van der Waals surface area (Å²) in [4.78, 5) is 4.36. The maximum atomic E-state index is 2.18. The van der Waals surface area contributed by atoms with Crippen LogP contribution in [0.2, 0.25) is 0 Å². The second kappa shape index (κ2) is 8.92. The van der Waals surface area contributed by atoms with Gasteiger partial charge < -0.3 is 9.80 Å². The minimum Gasteiger partial charge on any atom is -0.308 e. The van der Waals surface area contributed by atoms with Crippen LogP contribution in [0.15, 0.2) is 0 Å². The first kappa shape index (κ1) is 12.6. The molecule has 0 atom stereocenters. The topological polar surface area (TPSA) is 6.48 Å². The lowest BCUT2D eigenvalue weighted by molar-refractivity contribution is 0.320. The van der Waals surface area contributed by atoms with Crippen molar-refractivity contribution in [3.8, 4) is 0 Å². The summed E-state index contributed by atoms with van der Waals surface area (Å²) >= 11 is 0. The Hall–Kier alpha value is -0.0800. The van der Waals surface area contributed by atoms with Crippen molar-refractivity contribution < 1.29 is 0 Å². The molecule has 0 saturated carbocycles. The third-order valence-corrected chi connectivity index (χ3v) is 0.994. The Kier molecular flexibility index (Phi) is 11.2. The molecule has 0 radical (unpaired) electrons. The number of hydrogen-bond acceptors (Lipinski definition) is 2. The first-order chi connectivity index (χ1) is 4.63. The molecule has 0 unspecified atom stereocenters. The molecule has 2 nitrogen and oxygen atoms in total. The van der Waals surface area contributed by atoms with E-state index in [0.29, 0.717) is 0 Å². The van der Waals surface area contributed by atoms with Gasteiger partial charge in [0.15, 0.2) is 0 Å². The number of likely N-dealkylation sites (N-methyl/N-ethyl adjacent to an activating group) is 2. The molecule has 0 spiro atoms. The zero-order valence-electron chi connectivity index (χ0n) is 8.31. The summed E-state index contributed by atoms with van der Waals surface area (Å²) in [6, 6.07) is 0. The molecule has 2 heteroatoms. The molecule has 0 aromatic rings. The summed E-state index contributed by atoms with van der Waals surface area (Å²) in [6.07, 6.45) is 0.